The number of amides is 1. The third kappa shape index (κ3) is 4.53. The van der Waals surface area contributed by atoms with Crippen LogP contribution in [-0.4, -0.2) is 15.5 Å². The van der Waals surface area contributed by atoms with Gasteiger partial charge in [-0.3, -0.25) is 14.2 Å². The summed E-state index contributed by atoms with van der Waals surface area (Å²) in [5.74, 6) is 1.09. The minimum atomic E-state index is -0.313. The number of rotatable bonds is 6. The second kappa shape index (κ2) is 9.10. The Morgan fingerprint density at radius 3 is 2.30 bits per heavy atom. The number of carbonyl (C=O) groups is 1. The summed E-state index contributed by atoms with van der Waals surface area (Å²) < 4.78 is 7.10. The number of nitrogens with one attached hydrogen (secondary N) is 1. The van der Waals surface area contributed by atoms with Gasteiger partial charge in [0, 0.05) is 16.6 Å². The summed E-state index contributed by atoms with van der Waals surface area (Å²) in [6.45, 7) is -0.131. The Morgan fingerprint density at radius 2 is 1.58 bits per heavy atom. The molecule has 0 spiro atoms. The molecule has 0 saturated carbocycles. The van der Waals surface area contributed by atoms with E-state index in [1.807, 2.05) is 66.0 Å². The molecule has 0 aliphatic carbocycles. The molecule has 2 aromatic heterocycles. The summed E-state index contributed by atoms with van der Waals surface area (Å²) in [4.78, 5) is 30.8. The Balaban J connectivity index is 1.31. The van der Waals surface area contributed by atoms with Gasteiger partial charge in [0.1, 0.15) is 22.9 Å². The van der Waals surface area contributed by atoms with Crippen molar-refractivity contribution in [3.05, 3.63) is 107 Å². The zero-order valence-corrected chi connectivity index (χ0v) is 18.3. The zero-order valence-electron chi connectivity index (χ0n) is 17.5. The summed E-state index contributed by atoms with van der Waals surface area (Å²) in [6, 6.07) is 26.2. The number of fused-ring (bicyclic) bond motifs is 1. The van der Waals surface area contributed by atoms with Crippen LogP contribution >= 0.6 is 11.3 Å². The van der Waals surface area contributed by atoms with Crippen molar-refractivity contribution < 1.29 is 9.53 Å². The van der Waals surface area contributed by atoms with Crippen LogP contribution in [0.25, 0.3) is 21.3 Å². The van der Waals surface area contributed by atoms with Crippen LogP contribution in [0.3, 0.4) is 0 Å². The molecule has 0 bridgehead atoms. The standard InChI is InChI=1S/C26H19N3O3S/c30-23(28-19-11-13-21(14-12-19)32-20-9-5-2-6-10-20)15-29-17-27-25-24(26(29)31)22(16-33-25)18-7-3-1-4-8-18/h1-14,16-17H,15H2,(H,28,30). The molecular formula is C26H19N3O3S. The highest BCUT2D eigenvalue weighted by molar-refractivity contribution is 7.17. The van der Waals surface area contributed by atoms with Crippen molar-refractivity contribution >= 4 is 33.1 Å². The van der Waals surface area contributed by atoms with Gasteiger partial charge in [-0.25, -0.2) is 4.98 Å². The predicted molar refractivity (Wildman–Crippen MR) is 131 cm³/mol. The summed E-state index contributed by atoms with van der Waals surface area (Å²) in [6.07, 6.45) is 1.42. The van der Waals surface area contributed by atoms with Gasteiger partial charge >= 0.3 is 0 Å². The van der Waals surface area contributed by atoms with E-state index in [0.717, 1.165) is 16.9 Å². The molecule has 6 nitrogen and oxygen atoms in total. The first-order chi connectivity index (χ1) is 16.2. The molecular weight excluding hydrogens is 434 g/mol. The molecule has 5 aromatic rings. The molecule has 5 rings (SSSR count). The normalized spacial score (nSPS) is 10.8. The van der Waals surface area contributed by atoms with Crippen LogP contribution in [-0.2, 0) is 11.3 Å². The number of ether oxygens (including phenoxy) is 1. The van der Waals surface area contributed by atoms with Crippen molar-refractivity contribution in [2.75, 3.05) is 5.32 Å². The van der Waals surface area contributed by atoms with E-state index in [0.29, 0.717) is 21.7 Å². The first-order valence-corrected chi connectivity index (χ1v) is 11.2. The molecule has 1 N–H and O–H groups in total. The quantitative estimate of drug-likeness (QED) is 0.366. The molecule has 0 radical (unpaired) electrons. The van der Waals surface area contributed by atoms with E-state index < -0.39 is 0 Å². The summed E-state index contributed by atoms with van der Waals surface area (Å²) in [5, 5.41) is 5.28. The van der Waals surface area contributed by atoms with Crippen LogP contribution < -0.4 is 15.6 Å². The average molecular weight is 454 g/mol. The van der Waals surface area contributed by atoms with Crippen LogP contribution in [0.4, 0.5) is 5.69 Å². The number of aromatic nitrogens is 2. The zero-order chi connectivity index (χ0) is 22.6. The molecule has 0 aliphatic rings. The van der Waals surface area contributed by atoms with Crippen LogP contribution in [0.5, 0.6) is 11.5 Å². The van der Waals surface area contributed by atoms with Gasteiger partial charge < -0.3 is 10.1 Å². The van der Waals surface area contributed by atoms with Crippen LogP contribution in [0.15, 0.2) is 101 Å². The molecule has 2 heterocycles. The lowest BCUT2D eigenvalue weighted by molar-refractivity contribution is -0.116. The van der Waals surface area contributed by atoms with Crippen molar-refractivity contribution in [3.63, 3.8) is 0 Å². The van der Waals surface area contributed by atoms with Gasteiger partial charge in [-0.05, 0) is 42.0 Å². The summed E-state index contributed by atoms with van der Waals surface area (Å²) in [5.41, 5.74) is 2.16. The predicted octanol–water partition coefficient (Wildman–Crippen LogP) is 5.56. The Kier molecular flexibility index (Phi) is 5.70. The molecule has 0 unspecified atom stereocenters. The van der Waals surface area contributed by atoms with E-state index in [9.17, 15) is 9.59 Å². The highest BCUT2D eigenvalue weighted by Gasteiger charge is 2.14. The van der Waals surface area contributed by atoms with Gasteiger partial charge in [-0.2, -0.15) is 0 Å². The number of anilines is 1. The second-order valence-electron chi connectivity index (χ2n) is 7.36. The molecule has 0 fully saturated rings. The lowest BCUT2D eigenvalue weighted by Crippen LogP contribution is -2.27. The average Bonchev–Trinajstić information content (AvgIpc) is 3.28. The van der Waals surface area contributed by atoms with E-state index in [2.05, 4.69) is 10.3 Å². The van der Waals surface area contributed by atoms with Gasteiger partial charge in [-0.1, -0.05) is 48.5 Å². The van der Waals surface area contributed by atoms with Crippen molar-refractivity contribution in [2.24, 2.45) is 0 Å². The maximum absolute atomic E-state index is 13.1. The lowest BCUT2D eigenvalue weighted by atomic mass is 10.1. The van der Waals surface area contributed by atoms with E-state index >= 15 is 0 Å². The number of hydrogen-bond acceptors (Lipinski definition) is 5. The second-order valence-corrected chi connectivity index (χ2v) is 8.22. The van der Waals surface area contributed by atoms with Crippen LogP contribution in [0, 0.1) is 0 Å². The van der Waals surface area contributed by atoms with E-state index in [1.165, 1.54) is 22.2 Å². The monoisotopic (exact) mass is 453 g/mol. The molecule has 0 saturated heterocycles. The van der Waals surface area contributed by atoms with Gasteiger partial charge in [-0.15, -0.1) is 11.3 Å². The maximum atomic E-state index is 13.1. The molecule has 0 aliphatic heterocycles. The Morgan fingerprint density at radius 1 is 0.909 bits per heavy atom. The van der Waals surface area contributed by atoms with Crippen LogP contribution in [0.1, 0.15) is 0 Å². The first-order valence-electron chi connectivity index (χ1n) is 10.3. The minimum absolute atomic E-state index is 0.131. The fourth-order valence-corrected chi connectivity index (χ4v) is 4.40. The fraction of sp³-hybridized carbons (Fsp3) is 0.0385. The summed E-state index contributed by atoms with van der Waals surface area (Å²) >= 11 is 1.42. The minimum Gasteiger partial charge on any atom is -0.457 e. The topological polar surface area (TPSA) is 73.2 Å². The fourth-order valence-electron chi connectivity index (χ4n) is 3.50. The number of hydrogen-bond donors (Lipinski definition) is 1. The first kappa shape index (κ1) is 20.7. The van der Waals surface area contributed by atoms with Gasteiger partial charge in [0.25, 0.3) is 5.56 Å². The van der Waals surface area contributed by atoms with Gasteiger partial charge in [0.15, 0.2) is 0 Å². The van der Waals surface area contributed by atoms with Crippen molar-refractivity contribution in [3.8, 4) is 22.6 Å². The van der Waals surface area contributed by atoms with Crippen LogP contribution in [0.2, 0.25) is 0 Å². The summed E-state index contributed by atoms with van der Waals surface area (Å²) in [7, 11) is 0. The highest BCUT2D eigenvalue weighted by Crippen LogP contribution is 2.30. The molecule has 162 valence electrons. The molecule has 7 heteroatoms. The Hall–Kier alpha value is -4.23. The molecule has 33 heavy (non-hydrogen) atoms. The Labute approximate surface area is 193 Å². The van der Waals surface area contributed by atoms with Crippen molar-refractivity contribution in [1.82, 2.24) is 9.55 Å². The van der Waals surface area contributed by atoms with E-state index in [-0.39, 0.29) is 18.0 Å². The third-order valence-corrected chi connectivity index (χ3v) is 5.96. The highest BCUT2D eigenvalue weighted by atomic mass is 32.1. The third-order valence-electron chi connectivity index (χ3n) is 5.08. The van der Waals surface area contributed by atoms with Crippen molar-refractivity contribution in [2.45, 2.75) is 6.54 Å². The van der Waals surface area contributed by atoms with Crippen molar-refractivity contribution in [1.29, 1.82) is 0 Å². The van der Waals surface area contributed by atoms with Gasteiger partial charge in [0.2, 0.25) is 5.91 Å². The number of para-hydroxylation sites is 1. The number of nitrogens with zero attached hydrogens (tertiary/aromatic N) is 2. The smallest absolute Gasteiger partial charge is 0.263 e. The van der Waals surface area contributed by atoms with E-state index in [4.69, 9.17) is 4.74 Å². The lowest BCUT2D eigenvalue weighted by Gasteiger charge is -2.09. The maximum Gasteiger partial charge on any atom is 0.263 e. The van der Waals surface area contributed by atoms with Gasteiger partial charge in [0.05, 0.1) is 11.7 Å². The number of benzene rings is 3. The van der Waals surface area contributed by atoms with E-state index in [1.54, 1.807) is 24.3 Å². The SMILES string of the molecule is O=C(Cn1cnc2scc(-c3ccccc3)c2c1=O)Nc1ccc(Oc2ccccc2)cc1. The molecule has 0 atom stereocenters. The molecule has 3 aromatic carbocycles. The molecule has 1 amide bonds. The largest absolute Gasteiger partial charge is 0.457 e. The Bertz CT molecular complexity index is 1460. The number of carbonyl (C=O) groups excluding carboxylic acids is 1. The number of thiophene rings is 1.